The molecule has 2 amide bonds. The molecule has 3 aliphatic heterocycles. The Kier molecular flexibility index (Phi) is 3.50. The molecule has 0 aromatic carbocycles. The van der Waals surface area contributed by atoms with E-state index in [4.69, 9.17) is 0 Å². The maximum absolute atomic E-state index is 12.8. The van der Waals surface area contributed by atoms with Gasteiger partial charge in [0.15, 0.2) is 0 Å². The first-order valence-electron chi connectivity index (χ1n) is 7.31. The zero-order chi connectivity index (χ0) is 13.6. The number of carbonyl (C=O) groups is 2. The summed E-state index contributed by atoms with van der Waals surface area (Å²) in [6.07, 6.45) is 2.87. The molecule has 0 N–H and O–H groups in total. The zero-order valence-corrected chi connectivity index (χ0v) is 12.5. The van der Waals surface area contributed by atoms with E-state index in [1.54, 1.807) is 0 Å². The molecule has 5 heteroatoms. The molecule has 3 fully saturated rings. The van der Waals surface area contributed by atoms with Crippen LogP contribution in [0.25, 0.3) is 0 Å². The van der Waals surface area contributed by atoms with E-state index in [1.165, 1.54) is 0 Å². The lowest BCUT2D eigenvalue weighted by Crippen LogP contribution is -2.66. The number of piperazine rings is 1. The first kappa shape index (κ1) is 13.3. The maximum Gasteiger partial charge on any atom is 0.246 e. The van der Waals surface area contributed by atoms with E-state index < -0.39 is 0 Å². The van der Waals surface area contributed by atoms with Crippen LogP contribution in [0.4, 0.5) is 0 Å². The number of carbonyl (C=O) groups excluding carboxylic acids is 2. The predicted octanol–water partition coefficient (Wildman–Crippen LogP) is 1.35. The van der Waals surface area contributed by atoms with E-state index in [-0.39, 0.29) is 35.9 Å². The second-order valence-electron chi connectivity index (χ2n) is 6.14. The van der Waals surface area contributed by atoms with Gasteiger partial charge in [-0.1, -0.05) is 13.8 Å². The lowest BCUT2D eigenvalue weighted by atomic mass is 9.94. The number of fused-ring (bicyclic) bond motifs is 1. The molecule has 3 heterocycles. The molecule has 0 radical (unpaired) electrons. The highest BCUT2D eigenvalue weighted by atomic mass is 32.2. The van der Waals surface area contributed by atoms with Gasteiger partial charge in [-0.05, 0) is 30.9 Å². The summed E-state index contributed by atoms with van der Waals surface area (Å²) in [5.41, 5.74) is 0. The van der Waals surface area contributed by atoms with Gasteiger partial charge >= 0.3 is 0 Å². The number of hydrogen-bond acceptors (Lipinski definition) is 3. The molecule has 0 spiro atoms. The van der Waals surface area contributed by atoms with Gasteiger partial charge in [-0.3, -0.25) is 9.59 Å². The van der Waals surface area contributed by atoms with Gasteiger partial charge in [-0.25, -0.2) is 0 Å². The Labute approximate surface area is 118 Å². The summed E-state index contributed by atoms with van der Waals surface area (Å²) in [4.78, 5) is 29.3. The number of nitrogens with zero attached hydrogens (tertiary/aromatic N) is 2. The van der Waals surface area contributed by atoms with Crippen LogP contribution < -0.4 is 0 Å². The number of rotatable bonds is 2. The van der Waals surface area contributed by atoms with Crippen LogP contribution in [-0.4, -0.2) is 57.8 Å². The van der Waals surface area contributed by atoms with Crippen molar-refractivity contribution in [2.45, 2.75) is 51.2 Å². The Balaban J connectivity index is 1.93. The minimum Gasteiger partial charge on any atom is -0.329 e. The minimum absolute atomic E-state index is 0.159. The SMILES string of the molecule is CC(C)C1C(=O)N2CCCC2C(=O)N1C1CCSC1. The highest BCUT2D eigenvalue weighted by Gasteiger charge is 2.50. The van der Waals surface area contributed by atoms with Crippen LogP contribution in [0.3, 0.4) is 0 Å². The molecule has 3 unspecified atom stereocenters. The van der Waals surface area contributed by atoms with E-state index in [9.17, 15) is 9.59 Å². The lowest BCUT2D eigenvalue weighted by molar-refractivity contribution is -0.163. The number of thioether (sulfide) groups is 1. The second-order valence-corrected chi connectivity index (χ2v) is 7.29. The summed E-state index contributed by atoms with van der Waals surface area (Å²) >= 11 is 1.90. The number of amides is 2. The quantitative estimate of drug-likeness (QED) is 0.767. The van der Waals surface area contributed by atoms with Crippen LogP contribution in [0.5, 0.6) is 0 Å². The summed E-state index contributed by atoms with van der Waals surface area (Å²) in [5.74, 6) is 2.71. The topological polar surface area (TPSA) is 40.6 Å². The van der Waals surface area contributed by atoms with Gasteiger partial charge < -0.3 is 9.80 Å². The van der Waals surface area contributed by atoms with Crippen LogP contribution >= 0.6 is 11.8 Å². The molecule has 0 saturated carbocycles. The summed E-state index contributed by atoms with van der Waals surface area (Å²) in [6, 6.07) is -0.116. The fourth-order valence-electron chi connectivity index (χ4n) is 3.64. The Hall–Kier alpha value is -0.710. The Morgan fingerprint density at radius 2 is 2.00 bits per heavy atom. The predicted molar refractivity (Wildman–Crippen MR) is 75.9 cm³/mol. The molecule has 106 valence electrons. The average molecular weight is 282 g/mol. The summed E-state index contributed by atoms with van der Waals surface area (Å²) in [7, 11) is 0. The monoisotopic (exact) mass is 282 g/mol. The summed E-state index contributed by atoms with van der Waals surface area (Å²) < 4.78 is 0. The molecule has 19 heavy (non-hydrogen) atoms. The van der Waals surface area contributed by atoms with Gasteiger partial charge in [0.2, 0.25) is 11.8 Å². The third kappa shape index (κ3) is 2.06. The van der Waals surface area contributed by atoms with Crippen LogP contribution in [-0.2, 0) is 9.59 Å². The Morgan fingerprint density at radius 3 is 2.63 bits per heavy atom. The van der Waals surface area contributed by atoms with E-state index in [0.717, 1.165) is 37.3 Å². The molecule has 0 bridgehead atoms. The molecular weight excluding hydrogens is 260 g/mol. The molecule has 3 saturated heterocycles. The molecule has 4 nitrogen and oxygen atoms in total. The second kappa shape index (κ2) is 5.00. The first-order chi connectivity index (χ1) is 9.11. The van der Waals surface area contributed by atoms with Gasteiger partial charge in [-0.15, -0.1) is 0 Å². The molecule has 0 aromatic heterocycles. The molecular formula is C14H22N2O2S. The van der Waals surface area contributed by atoms with Crippen LogP contribution in [0.15, 0.2) is 0 Å². The highest BCUT2D eigenvalue weighted by Crippen LogP contribution is 2.34. The third-order valence-electron chi connectivity index (χ3n) is 4.56. The summed E-state index contributed by atoms with van der Waals surface area (Å²) in [6.45, 7) is 4.88. The lowest BCUT2D eigenvalue weighted by Gasteiger charge is -2.46. The van der Waals surface area contributed by atoms with Crippen LogP contribution in [0, 0.1) is 5.92 Å². The minimum atomic E-state index is -0.231. The van der Waals surface area contributed by atoms with Gasteiger partial charge in [0.05, 0.1) is 0 Å². The van der Waals surface area contributed by atoms with Crippen molar-refractivity contribution in [1.29, 1.82) is 0 Å². The van der Waals surface area contributed by atoms with Crippen molar-refractivity contribution in [2.75, 3.05) is 18.1 Å². The molecule has 3 aliphatic rings. The van der Waals surface area contributed by atoms with Gasteiger partial charge in [0.1, 0.15) is 12.1 Å². The number of hydrogen-bond donors (Lipinski definition) is 0. The third-order valence-corrected chi connectivity index (χ3v) is 5.70. The van der Waals surface area contributed by atoms with Crippen LogP contribution in [0.2, 0.25) is 0 Å². The average Bonchev–Trinajstić information content (AvgIpc) is 3.02. The van der Waals surface area contributed by atoms with Crippen molar-refractivity contribution in [3.8, 4) is 0 Å². The van der Waals surface area contributed by atoms with Crippen molar-refractivity contribution in [1.82, 2.24) is 9.80 Å². The van der Waals surface area contributed by atoms with Crippen molar-refractivity contribution in [2.24, 2.45) is 5.92 Å². The summed E-state index contributed by atoms with van der Waals surface area (Å²) in [5, 5.41) is 0. The van der Waals surface area contributed by atoms with E-state index in [2.05, 4.69) is 13.8 Å². The van der Waals surface area contributed by atoms with Crippen molar-refractivity contribution in [3.63, 3.8) is 0 Å². The standard InChI is InChI=1S/C14H22N2O2S/c1-9(2)12-14(18)15-6-3-4-11(15)13(17)16(12)10-5-7-19-8-10/h9-12H,3-8H2,1-2H3. The van der Waals surface area contributed by atoms with E-state index in [1.807, 2.05) is 21.6 Å². The normalized spacial score (nSPS) is 35.4. The zero-order valence-electron chi connectivity index (χ0n) is 11.7. The van der Waals surface area contributed by atoms with Gasteiger partial charge in [0.25, 0.3) is 0 Å². The maximum atomic E-state index is 12.8. The van der Waals surface area contributed by atoms with Gasteiger partial charge in [0, 0.05) is 18.3 Å². The fraction of sp³-hybridized carbons (Fsp3) is 0.857. The molecule has 0 aromatic rings. The van der Waals surface area contributed by atoms with Crippen molar-refractivity contribution in [3.05, 3.63) is 0 Å². The Morgan fingerprint density at radius 1 is 1.21 bits per heavy atom. The van der Waals surface area contributed by atoms with Crippen molar-refractivity contribution >= 4 is 23.6 Å². The van der Waals surface area contributed by atoms with Crippen molar-refractivity contribution < 1.29 is 9.59 Å². The molecule has 3 rings (SSSR count). The highest BCUT2D eigenvalue weighted by molar-refractivity contribution is 7.99. The smallest absolute Gasteiger partial charge is 0.246 e. The fourth-order valence-corrected chi connectivity index (χ4v) is 4.84. The van der Waals surface area contributed by atoms with Crippen LogP contribution in [0.1, 0.15) is 33.1 Å². The van der Waals surface area contributed by atoms with Gasteiger partial charge in [-0.2, -0.15) is 11.8 Å². The van der Waals surface area contributed by atoms with E-state index >= 15 is 0 Å². The molecule has 3 atom stereocenters. The largest absolute Gasteiger partial charge is 0.329 e. The first-order valence-corrected chi connectivity index (χ1v) is 8.47. The Bertz CT molecular complexity index is 393. The molecule has 0 aliphatic carbocycles. The van der Waals surface area contributed by atoms with E-state index in [0.29, 0.717) is 0 Å².